The highest BCUT2D eigenvalue weighted by Gasteiger charge is 2.27. The molecule has 1 fully saturated rings. The molecule has 0 aliphatic carbocycles. The van der Waals surface area contributed by atoms with E-state index in [-0.39, 0.29) is 0 Å². The van der Waals surface area contributed by atoms with Crippen molar-refractivity contribution in [3.63, 3.8) is 0 Å². The van der Waals surface area contributed by atoms with E-state index in [2.05, 4.69) is 55.3 Å². The van der Waals surface area contributed by atoms with Gasteiger partial charge in [-0.3, -0.25) is 0 Å². The monoisotopic (exact) mass is 409 g/mol. The summed E-state index contributed by atoms with van der Waals surface area (Å²) in [7, 11) is 0. The van der Waals surface area contributed by atoms with Crippen molar-refractivity contribution in [3.8, 4) is 0 Å². The molecule has 25 heavy (non-hydrogen) atoms. The van der Waals surface area contributed by atoms with Crippen LogP contribution in [0.5, 0.6) is 0 Å². The molecule has 4 N–H and O–H groups in total. The molecule has 1 aliphatic rings. The molecular formula is C17H24BrN5O2. The van der Waals surface area contributed by atoms with Crippen LogP contribution in [0.3, 0.4) is 0 Å². The van der Waals surface area contributed by atoms with E-state index in [1.54, 1.807) is 0 Å². The topological polar surface area (TPSA) is 93.3 Å². The summed E-state index contributed by atoms with van der Waals surface area (Å²) >= 11 is 3.65. The lowest BCUT2D eigenvalue weighted by Gasteiger charge is -2.22. The fraction of sp³-hybridized carbons (Fsp3) is 0.529. The SMILES string of the molecule is CC(C)CNc1c[nH]c2ncc(Br)c(N3CCC(CNC(=O)O)C3)c12. The van der Waals surface area contributed by atoms with Gasteiger partial charge in [-0.25, -0.2) is 9.78 Å². The Morgan fingerprint density at radius 3 is 3.08 bits per heavy atom. The first-order valence-electron chi connectivity index (χ1n) is 8.57. The van der Waals surface area contributed by atoms with Gasteiger partial charge in [0, 0.05) is 38.6 Å². The molecule has 1 aliphatic heterocycles. The van der Waals surface area contributed by atoms with E-state index in [0.717, 1.165) is 52.9 Å². The minimum Gasteiger partial charge on any atom is -0.465 e. The van der Waals surface area contributed by atoms with Crippen molar-refractivity contribution in [3.05, 3.63) is 16.9 Å². The van der Waals surface area contributed by atoms with Gasteiger partial charge >= 0.3 is 6.09 Å². The Bertz CT molecular complexity index is 761. The first-order valence-corrected chi connectivity index (χ1v) is 9.36. The number of halogens is 1. The molecule has 1 saturated heterocycles. The summed E-state index contributed by atoms with van der Waals surface area (Å²) in [5.74, 6) is 0.865. The second kappa shape index (κ2) is 7.51. The largest absolute Gasteiger partial charge is 0.465 e. The highest BCUT2D eigenvalue weighted by Crippen LogP contribution is 2.39. The number of carboxylic acid groups (broad SMARTS) is 1. The summed E-state index contributed by atoms with van der Waals surface area (Å²) in [5, 5.41) is 15.9. The minimum absolute atomic E-state index is 0.317. The first-order chi connectivity index (χ1) is 12.0. The van der Waals surface area contributed by atoms with Gasteiger partial charge in [-0.1, -0.05) is 13.8 Å². The summed E-state index contributed by atoms with van der Waals surface area (Å²) in [6.07, 6.45) is 3.80. The quantitative estimate of drug-likeness (QED) is 0.585. The number of hydrogen-bond acceptors (Lipinski definition) is 4. The lowest BCUT2D eigenvalue weighted by atomic mass is 10.1. The summed E-state index contributed by atoms with van der Waals surface area (Å²) in [6.45, 7) is 7.47. The number of aromatic amines is 1. The number of pyridine rings is 1. The third-order valence-corrected chi connectivity index (χ3v) is 5.05. The van der Waals surface area contributed by atoms with Crippen LogP contribution in [0.4, 0.5) is 16.2 Å². The van der Waals surface area contributed by atoms with Crippen molar-refractivity contribution in [1.82, 2.24) is 15.3 Å². The Morgan fingerprint density at radius 2 is 2.36 bits per heavy atom. The third kappa shape index (κ3) is 4.00. The summed E-state index contributed by atoms with van der Waals surface area (Å²) in [4.78, 5) is 20.8. The molecule has 0 bridgehead atoms. The molecule has 1 unspecified atom stereocenters. The van der Waals surface area contributed by atoms with Gasteiger partial charge in [-0.05, 0) is 34.2 Å². The molecule has 2 aromatic heterocycles. The molecular weight excluding hydrogens is 386 g/mol. The second-order valence-electron chi connectivity index (χ2n) is 6.94. The molecule has 1 atom stereocenters. The second-order valence-corrected chi connectivity index (χ2v) is 7.80. The summed E-state index contributed by atoms with van der Waals surface area (Å²) in [6, 6.07) is 0. The molecule has 3 heterocycles. The predicted molar refractivity (Wildman–Crippen MR) is 103 cm³/mol. The van der Waals surface area contributed by atoms with E-state index in [1.165, 1.54) is 0 Å². The van der Waals surface area contributed by atoms with Gasteiger partial charge in [0.15, 0.2) is 0 Å². The Kier molecular flexibility index (Phi) is 5.36. The van der Waals surface area contributed by atoms with Crippen LogP contribution in [0.15, 0.2) is 16.9 Å². The highest BCUT2D eigenvalue weighted by atomic mass is 79.9. The fourth-order valence-electron chi connectivity index (χ4n) is 3.25. The summed E-state index contributed by atoms with van der Waals surface area (Å²) in [5.41, 5.74) is 3.03. The Morgan fingerprint density at radius 1 is 1.56 bits per heavy atom. The van der Waals surface area contributed by atoms with E-state index in [9.17, 15) is 4.79 Å². The molecule has 8 heteroatoms. The zero-order valence-corrected chi connectivity index (χ0v) is 16.1. The Balaban J connectivity index is 1.86. The van der Waals surface area contributed by atoms with Crippen LogP contribution < -0.4 is 15.5 Å². The number of nitrogens with one attached hydrogen (secondary N) is 3. The number of fused-ring (bicyclic) bond motifs is 1. The maximum Gasteiger partial charge on any atom is 0.404 e. The van der Waals surface area contributed by atoms with Gasteiger partial charge in [0.1, 0.15) is 5.65 Å². The number of rotatable bonds is 6. The van der Waals surface area contributed by atoms with Crippen LogP contribution in [0.2, 0.25) is 0 Å². The van der Waals surface area contributed by atoms with E-state index < -0.39 is 6.09 Å². The van der Waals surface area contributed by atoms with Crippen LogP contribution >= 0.6 is 15.9 Å². The van der Waals surface area contributed by atoms with E-state index >= 15 is 0 Å². The Hall–Kier alpha value is -1.96. The van der Waals surface area contributed by atoms with Crippen LogP contribution in [0.1, 0.15) is 20.3 Å². The highest BCUT2D eigenvalue weighted by molar-refractivity contribution is 9.10. The molecule has 0 spiro atoms. The van der Waals surface area contributed by atoms with E-state index in [1.807, 2.05) is 12.4 Å². The normalized spacial score (nSPS) is 17.4. The van der Waals surface area contributed by atoms with Crippen molar-refractivity contribution in [2.75, 3.05) is 36.4 Å². The van der Waals surface area contributed by atoms with Crippen molar-refractivity contribution in [2.24, 2.45) is 11.8 Å². The first kappa shape index (κ1) is 17.8. The summed E-state index contributed by atoms with van der Waals surface area (Å²) < 4.78 is 0.957. The zero-order valence-electron chi connectivity index (χ0n) is 14.5. The van der Waals surface area contributed by atoms with Gasteiger partial charge in [0.2, 0.25) is 0 Å². The number of nitrogens with zero attached hydrogens (tertiary/aromatic N) is 2. The van der Waals surface area contributed by atoms with Crippen LogP contribution in [0.25, 0.3) is 11.0 Å². The molecule has 0 aromatic carbocycles. The van der Waals surface area contributed by atoms with Gasteiger partial charge in [0.05, 0.1) is 21.2 Å². The van der Waals surface area contributed by atoms with Crippen LogP contribution in [0, 0.1) is 11.8 Å². The van der Waals surface area contributed by atoms with E-state index in [4.69, 9.17) is 5.11 Å². The zero-order chi connectivity index (χ0) is 18.0. The lowest BCUT2D eigenvalue weighted by molar-refractivity contribution is 0.192. The van der Waals surface area contributed by atoms with Crippen molar-refractivity contribution < 1.29 is 9.90 Å². The molecule has 136 valence electrons. The number of amides is 1. The van der Waals surface area contributed by atoms with Gasteiger partial charge < -0.3 is 25.6 Å². The average molecular weight is 410 g/mol. The van der Waals surface area contributed by atoms with E-state index in [0.29, 0.717) is 18.4 Å². The average Bonchev–Trinajstić information content (AvgIpc) is 3.18. The molecule has 0 radical (unpaired) electrons. The standard InChI is InChI=1S/C17H24BrN5O2/c1-10(2)5-19-13-8-21-16-14(13)15(12(18)7-20-16)23-4-3-11(9-23)6-22-17(24)25/h7-8,10-11,19,22H,3-6,9H2,1-2H3,(H,20,21)(H,24,25). The Labute approximate surface area is 155 Å². The number of anilines is 2. The molecule has 7 nitrogen and oxygen atoms in total. The number of aromatic nitrogens is 2. The maximum atomic E-state index is 10.7. The molecule has 0 saturated carbocycles. The fourth-order valence-corrected chi connectivity index (χ4v) is 3.80. The number of hydrogen-bond donors (Lipinski definition) is 4. The minimum atomic E-state index is -0.961. The van der Waals surface area contributed by atoms with Crippen LogP contribution in [-0.4, -0.2) is 47.3 Å². The molecule has 1 amide bonds. The number of H-pyrrole nitrogens is 1. The van der Waals surface area contributed by atoms with Gasteiger partial charge in [-0.15, -0.1) is 0 Å². The smallest absolute Gasteiger partial charge is 0.404 e. The third-order valence-electron chi connectivity index (χ3n) is 4.47. The lowest BCUT2D eigenvalue weighted by Crippen LogP contribution is -2.29. The predicted octanol–water partition coefficient (Wildman–Crippen LogP) is 3.49. The van der Waals surface area contributed by atoms with Crippen molar-refractivity contribution >= 4 is 44.4 Å². The van der Waals surface area contributed by atoms with Crippen LogP contribution in [-0.2, 0) is 0 Å². The van der Waals surface area contributed by atoms with Gasteiger partial charge in [0.25, 0.3) is 0 Å². The molecule has 2 aromatic rings. The van der Waals surface area contributed by atoms with Crippen molar-refractivity contribution in [1.29, 1.82) is 0 Å². The molecule has 3 rings (SSSR count). The maximum absolute atomic E-state index is 10.7. The van der Waals surface area contributed by atoms with Gasteiger partial charge in [-0.2, -0.15) is 0 Å². The number of carbonyl (C=O) groups is 1. The van der Waals surface area contributed by atoms with Crippen molar-refractivity contribution in [2.45, 2.75) is 20.3 Å².